The van der Waals surface area contributed by atoms with Gasteiger partial charge in [0.15, 0.2) is 0 Å². The van der Waals surface area contributed by atoms with Gasteiger partial charge >= 0.3 is 0 Å². The zero-order chi connectivity index (χ0) is 10.8. The van der Waals surface area contributed by atoms with Gasteiger partial charge in [-0.3, -0.25) is 0 Å². The van der Waals surface area contributed by atoms with Crippen molar-refractivity contribution in [2.75, 3.05) is 7.11 Å². The highest BCUT2D eigenvalue weighted by Gasteiger charge is 2.24. The van der Waals surface area contributed by atoms with Crippen LogP contribution in [0.15, 0.2) is 18.2 Å². The maximum absolute atomic E-state index is 10.1. The van der Waals surface area contributed by atoms with Crippen LogP contribution in [0.1, 0.15) is 25.8 Å². The lowest BCUT2D eigenvalue weighted by atomic mass is 9.92. The van der Waals surface area contributed by atoms with Crippen molar-refractivity contribution in [3.8, 4) is 5.75 Å². The van der Waals surface area contributed by atoms with Crippen molar-refractivity contribution in [3.05, 3.63) is 28.8 Å². The Bertz CT molecular complexity index is 321. The van der Waals surface area contributed by atoms with Gasteiger partial charge in [0, 0.05) is 10.6 Å². The van der Waals surface area contributed by atoms with Crippen LogP contribution in [0.4, 0.5) is 0 Å². The molecular formula is C11H15ClO2. The molecule has 0 spiro atoms. The van der Waals surface area contributed by atoms with Gasteiger partial charge < -0.3 is 9.84 Å². The summed E-state index contributed by atoms with van der Waals surface area (Å²) in [7, 11) is 1.58. The van der Waals surface area contributed by atoms with Crippen molar-refractivity contribution >= 4 is 11.6 Å². The molecule has 0 radical (unpaired) electrons. The zero-order valence-corrected chi connectivity index (χ0v) is 9.43. The third kappa shape index (κ3) is 2.20. The number of hydrogen-bond acceptors (Lipinski definition) is 2. The summed E-state index contributed by atoms with van der Waals surface area (Å²) < 4.78 is 5.17. The minimum absolute atomic E-state index is 0.606. The summed E-state index contributed by atoms with van der Waals surface area (Å²) in [5, 5.41) is 10.7. The number of hydrogen-bond donors (Lipinski definition) is 1. The summed E-state index contributed by atoms with van der Waals surface area (Å²) in [5.74, 6) is 0.668. The van der Waals surface area contributed by atoms with E-state index in [1.807, 2.05) is 6.92 Å². The summed E-state index contributed by atoms with van der Waals surface area (Å²) in [6.07, 6.45) is 0.615. The molecule has 3 heteroatoms. The van der Waals surface area contributed by atoms with Crippen LogP contribution < -0.4 is 4.74 Å². The minimum atomic E-state index is -0.893. The second kappa shape index (κ2) is 4.20. The molecule has 0 saturated carbocycles. The maximum Gasteiger partial charge on any atom is 0.125 e. The topological polar surface area (TPSA) is 29.5 Å². The fourth-order valence-electron chi connectivity index (χ4n) is 1.29. The predicted octanol–water partition coefficient (Wildman–Crippen LogP) is 2.97. The van der Waals surface area contributed by atoms with Crippen molar-refractivity contribution in [2.45, 2.75) is 25.9 Å². The van der Waals surface area contributed by atoms with Gasteiger partial charge in [-0.1, -0.05) is 18.5 Å². The third-order valence-corrected chi connectivity index (χ3v) is 2.67. The molecule has 1 atom stereocenters. The van der Waals surface area contributed by atoms with Gasteiger partial charge in [0.05, 0.1) is 12.7 Å². The lowest BCUT2D eigenvalue weighted by Gasteiger charge is -2.24. The van der Waals surface area contributed by atoms with Crippen molar-refractivity contribution in [1.29, 1.82) is 0 Å². The standard InChI is InChI=1S/C11H15ClO2/c1-4-11(2,13)9-7-8(12)5-6-10(9)14-3/h5-7,13H,4H2,1-3H3/t11-/m0/s1. The van der Waals surface area contributed by atoms with Gasteiger partial charge in [-0.15, -0.1) is 0 Å². The van der Waals surface area contributed by atoms with E-state index in [0.29, 0.717) is 17.2 Å². The van der Waals surface area contributed by atoms with Crippen LogP contribution in [0.2, 0.25) is 5.02 Å². The Labute approximate surface area is 89.5 Å². The minimum Gasteiger partial charge on any atom is -0.496 e. The first kappa shape index (κ1) is 11.3. The molecule has 0 heterocycles. The van der Waals surface area contributed by atoms with Gasteiger partial charge in [-0.25, -0.2) is 0 Å². The molecule has 0 aliphatic heterocycles. The van der Waals surface area contributed by atoms with E-state index in [2.05, 4.69) is 0 Å². The Morgan fingerprint density at radius 2 is 2.14 bits per heavy atom. The second-order valence-electron chi connectivity index (χ2n) is 3.47. The summed E-state index contributed by atoms with van der Waals surface area (Å²) in [4.78, 5) is 0. The van der Waals surface area contributed by atoms with Crippen LogP contribution in [-0.2, 0) is 5.60 Å². The molecule has 1 N–H and O–H groups in total. The van der Waals surface area contributed by atoms with Crippen LogP contribution in [0.3, 0.4) is 0 Å². The van der Waals surface area contributed by atoms with E-state index in [4.69, 9.17) is 16.3 Å². The summed E-state index contributed by atoms with van der Waals surface area (Å²) in [6, 6.07) is 5.25. The van der Waals surface area contributed by atoms with Gasteiger partial charge in [-0.2, -0.15) is 0 Å². The number of ether oxygens (including phenoxy) is 1. The molecule has 1 rings (SSSR count). The molecule has 2 nitrogen and oxygen atoms in total. The van der Waals surface area contributed by atoms with Crippen molar-refractivity contribution in [3.63, 3.8) is 0 Å². The summed E-state index contributed by atoms with van der Waals surface area (Å²) >= 11 is 5.87. The second-order valence-corrected chi connectivity index (χ2v) is 3.91. The third-order valence-electron chi connectivity index (χ3n) is 2.43. The first-order chi connectivity index (χ1) is 6.51. The molecule has 0 unspecified atom stereocenters. The number of halogens is 1. The molecule has 1 aromatic rings. The largest absolute Gasteiger partial charge is 0.496 e. The SMILES string of the molecule is CC[C@](C)(O)c1cc(Cl)ccc1OC. The van der Waals surface area contributed by atoms with Gasteiger partial charge in [0.2, 0.25) is 0 Å². The van der Waals surface area contributed by atoms with E-state index >= 15 is 0 Å². The van der Waals surface area contributed by atoms with E-state index in [0.717, 1.165) is 5.56 Å². The molecule has 14 heavy (non-hydrogen) atoms. The maximum atomic E-state index is 10.1. The van der Waals surface area contributed by atoms with E-state index in [-0.39, 0.29) is 0 Å². The fraction of sp³-hybridized carbons (Fsp3) is 0.455. The molecule has 0 aliphatic carbocycles. The summed E-state index contributed by atoms with van der Waals surface area (Å²) in [6.45, 7) is 3.67. The van der Waals surface area contributed by atoms with Gasteiger partial charge in [0.1, 0.15) is 5.75 Å². The number of methoxy groups -OCH3 is 1. The Morgan fingerprint density at radius 3 is 2.64 bits per heavy atom. The monoisotopic (exact) mass is 214 g/mol. The highest BCUT2D eigenvalue weighted by molar-refractivity contribution is 6.30. The van der Waals surface area contributed by atoms with Crippen LogP contribution in [-0.4, -0.2) is 12.2 Å². The van der Waals surface area contributed by atoms with Crippen LogP contribution in [0, 0.1) is 0 Å². The van der Waals surface area contributed by atoms with Crippen molar-refractivity contribution in [1.82, 2.24) is 0 Å². The van der Waals surface area contributed by atoms with E-state index in [1.54, 1.807) is 32.2 Å². The van der Waals surface area contributed by atoms with Crippen molar-refractivity contribution < 1.29 is 9.84 Å². The molecule has 0 saturated heterocycles. The lowest BCUT2D eigenvalue weighted by Crippen LogP contribution is -2.20. The number of benzene rings is 1. The highest BCUT2D eigenvalue weighted by atomic mass is 35.5. The normalized spacial score (nSPS) is 14.9. The smallest absolute Gasteiger partial charge is 0.125 e. The van der Waals surface area contributed by atoms with Gasteiger partial charge in [-0.05, 0) is 31.5 Å². The predicted molar refractivity (Wildman–Crippen MR) is 57.9 cm³/mol. The lowest BCUT2D eigenvalue weighted by molar-refractivity contribution is 0.0505. The quantitative estimate of drug-likeness (QED) is 0.839. The van der Waals surface area contributed by atoms with E-state index < -0.39 is 5.60 Å². The Morgan fingerprint density at radius 1 is 1.50 bits per heavy atom. The molecule has 78 valence electrons. The number of rotatable bonds is 3. The Kier molecular flexibility index (Phi) is 3.40. The average molecular weight is 215 g/mol. The van der Waals surface area contributed by atoms with Gasteiger partial charge in [0.25, 0.3) is 0 Å². The highest BCUT2D eigenvalue weighted by Crippen LogP contribution is 2.34. The zero-order valence-electron chi connectivity index (χ0n) is 8.67. The van der Waals surface area contributed by atoms with E-state index in [9.17, 15) is 5.11 Å². The molecule has 0 fully saturated rings. The molecule has 1 aromatic carbocycles. The van der Waals surface area contributed by atoms with E-state index in [1.165, 1.54) is 0 Å². The van der Waals surface area contributed by atoms with Crippen molar-refractivity contribution in [2.24, 2.45) is 0 Å². The van der Waals surface area contributed by atoms with Crippen LogP contribution >= 0.6 is 11.6 Å². The van der Waals surface area contributed by atoms with Crippen LogP contribution in [0.25, 0.3) is 0 Å². The Hall–Kier alpha value is -0.730. The molecule has 0 aliphatic rings. The molecule has 0 amide bonds. The summed E-state index contributed by atoms with van der Waals surface area (Å²) in [5.41, 5.74) is -0.161. The molecule has 0 aromatic heterocycles. The first-order valence-corrected chi connectivity index (χ1v) is 4.95. The fourth-order valence-corrected chi connectivity index (χ4v) is 1.46. The first-order valence-electron chi connectivity index (χ1n) is 4.57. The Balaban J connectivity index is 3.23. The molecular weight excluding hydrogens is 200 g/mol. The molecule has 0 bridgehead atoms. The average Bonchev–Trinajstić information content (AvgIpc) is 2.18. The van der Waals surface area contributed by atoms with Crippen LogP contribution in [0.5, 0.6) is 5.75 Å². The number of aliphatic hydroxyl groups is 1.